The Morgan fingerprint density at radius 1 is 1.33 bits per heavy atom. The fourth-order valence-electron chi connectivity index (χ4n) is 0.763. The summed E-state index contributed by atoms with van der Waals surface area (Å²) >= 11 is 0. The van der Waals surface area contributed by atoms with Gasteiger partial charge >= 0.3 is 6.18 Å². The van der Waals surface area contributed by atoms with E-state index >= 15 is 0 Å². The maximum Gasteiger partial charge on any atom is 0.401 e. The Bertz CT molecular complexity index is 124. The van der Waals surface area contributed by atoms with Gasteiger partial charge < -0.3 is 5.11 Å². The Morgan fingerprint density at radius 3 is 2.17 bits per heavy atom. The van der Waals surface area contributed by atoms with Crippen LogP contribution < -0.4 is 5.32 Å². The van der Waals surface area contributed by atoms with Crippen LogP contribution in [0.2, 0.25) is 0 Å². The lowest BCUT2D eigenvalue weighted by atomic mass is 10.1. The second-order valence-corrected chi connectivity index (χ2v) is 3.14. The van der Waals surface area contributed by atoms with Crippen LogP contribution in [-0.4, -0.2) is 24.1 Å². The van der Waals surface area contributed by atoms with Crippen molar-refractivity contribution in [3.05, 3.63) is 0 Å². The zero-order chi connectivity index (χ0) is 9.78. The van der Waals surface area contributed by atoms with Crippen LogP contribution in [0.25, 0.3) is 0 Å². The number of hydrogen-bond donors (Lipinski definition) is 2. The standard InChI is InChI=1S/C7H14F3NO/c1-5(2)3-6(12)11-4-7(8,9)10/h5-6,11-12H,3-4H2,1-2H3. The van der Waals surface area contributed by atoms with Gasteiger partial charge in [-0.25, -0.2) is 0 Å². The van der Waals surface area contributed by atoms with Gasteiger partial charge in [0.1, 0.15) is 6.23 Å². The monoisotopic (exact) mass is 185 g/mol. The van der Waals surface area contributed by atoms with E-state index in [4.69, 9.17) is 5.11 Å². The Kier molecular flexibility index (Phi) is 4.55. The quantitative estimate of drug-likeness (QED) is 0.650. The van der Waals surface area contributed by atoms with Gasteiger partial charge in [-0.05, 0) is 12.3 Å². The molecule has 0 aromatic heterocycles. The van der Waals surface area contributed by atoms with Gasteiger partial charge in [-0.1, -0.05) is 13.8 Å². The Labute approximate surface area is 69.8 Å². The SMILES string of the molecule is CC(C)CC(O)NCC(F)(F)F. The van der Waals surface area contributed by atoms with Crippen molar-refractivity contribution >= 4 is 0 Å². The molecule has 0 heterocycles. The number of aliphatic hydroxyl groups excluding tert-OH is 1. The number of aliphatic hydroxyl groups is 1. The topological polar surface area (TPSA) is 32.3 Å². The molecule has 2 N–H and O–H groups in total. The minimum Gasteiger partial charge on any atom is -0.379 e. The van der Waals surface area contributed by atoms with Crippen molar-refractivity contribution in [1.29, 1.82) is 0 Å². The van der Waals surface area contributed by atoms with E-state index in [1.54, 1.807) is 0 Å². The molecule has 0 saturated heterocycles. The molecule has 0 radical (unpaired) electrons. The second kappa shape index (κ2) is 4.67. The molecule has 0 aliphatic heterocycles. The molecule has 0 spiro atoms. The highest BCUT2D eigenvalue weighted by atomic mass is 19.4. The average Bonchev–Trinajstić information content (AvgIpc) is 1.80. The second-order valence-electron chi connectivity index (χ2n) is 3.14. The highest BCUT2D eigenvalue weighted by molar-refractivity contribution is 4.60. The largest absolute Gasteiger partial charge is 0.401 e. The smallest absolute Gasteiger partial charge is 0.379 e. The van der Waals surface area contributed by atoms with E-state index in [1.807, 2.05) is 19.2 Å². The Hall–Kier alpha value is -0.290. The summed E-state index contributed by atoms with van der Waals surface area (Å²) in [7, 11) is 0. The van der Waals surface area contributed by atoms with Gasteiger partial charge in [0.05, 0.1) is 6.54 Å². The predicted octanol–water partition coefficient (Wildman–Crippen LogP) is 1.50. The average molecular weight is 185 g/mol. The summed E-state index contributed by atoms with van der Waals surface area (Å²) < 4.78 is 34.7. The molecule has 0 saturated carbocycles. The van der Waals surface area contributed by atoms with Gasteiger partial charge in [0.15, 0.2) is 0 Å². The summed E-state index contributed by atoms with van der Waals surface area (Å²) in [5.74, 6) is 0.181. The molecule has 0 aromatic carbocycles. The molecule has 0 amide bonds. The molecule has 0 rings (SSSR count). The number of halogens is 3. The number of nitrogens with one attached hydrogen (secondary N) is 1. The van der Waals surface area contributed by atoms with Gasteiger partial charge in [-0.15, -0.1) is 0 Å². The third-order valence-electron chi connectivity index (χ3n) is 1.23. The molecular weight excluding hydrogens is 171 g/mol. The van der Waals surface area contributed by atoms with E-state index in [1.165, 1.54) is 0 Å². The Morgan fingerprint density at radius 2 is 1.83 bits per heavy atom. The van der Waals surface area contributed by atoms with Crippen LogP contribution in [-0.2, 0) is 0 Å². The summed E-state index contributed by atoms with van der Waals surface area (Å²) in [5.41, 5.74) is 0. The van der Waals surface area contributed by atoms with Crippen molar-refractivity contribution in [2.24, 2.45) is 5.92 Å². The molecule has 2 nitrogen and oxygen atoms in total. The molecule has 1 unspecified atom stereocenters. The van der Waals surface area contributed by atoms with E-state index in [0.717, 1.165) is 0 Å². The lowest BCUT2D eigenvalue weighted by Gasteiger charge is -2.15. The van der Waals surface area contributed by atoms with Crippen LogP contribution in [0, 0.1) is 5.92 Å². The van der Waals surface area contributed by atoms with E-state index in [-0.39, 0.29) is 5.92 Å². The number of hydrogen-bond acceptors (Lipinski definition) is 2. The lowest BCUT2D eigenvalue weighted by molar-refractivity contribution is -0.131. The maximum absolute atomic E-state index is 11.6. The molecule has 1 atom stereocenters. The van der Waals surface area contributed by atoms with E-state index in [9.17, 15) is 13.2 Å². The minimum atomic E-state index is -4.25. The van der Waals surface area contributed by atoms with Crippen molar-refractivity contribution in [1.82, 2.24) is 5.32 Å². The van der Waals surface area contributed by atoms with Crippen LogP contribution in [0.15, 0.2) is 0 Å². The molecule has 0 aromatic rings. The van der Waals surface area contributed by atoms with Crippen molar-refractivity contribution in [3.8, 4) is 0 Å². The van der Waals surface area contributed by atoms with Gasteiger partial charge in [0.25, 0.3) is 0 Å². The first-order valence-electron chi connectivity index (χ1n) is 3.79. The maximum atomic E-state index is 11.6. The van der Waals surface area contributed by atoms with Crippen molar-refractivity contribution in [2.45, 2.75) is 32.7 Å². The van der Waals surface area contributed by atoms with Crippen LogP contribution in [0.3, 0.4) is 0 Å². The first kappa shape index (κ1) is 11.7. The van der Waals surface area contributed by atoms with Gasteiger partial charge in [-0.3, -0.25) is 5.32 Å². The molecule has 0 aliphatic rings. The summed E-state index contributed by atoms with van der Waals surface area (Å²) in [5, 5.41) is 11.0. The highest BCUT2D eigenvalue weighted by Crippen LogP contribution is 2.13. The summed E-state index contributed by atoms with van der Waals surface area (Å²) in [6.45, 7) is 2.53. The molecule has 0 fully saturated rings. The van der Waals surface area contributed by atoms with Crippen LogP contribution in [0.4, 0.5) is 13.2 Å². The van der Waals surface area contributed by atoms with Crippen molar-refractivity contribution in [3.63, 3.8) is 0 Å². The zero-order valence-corrected chi connectivity index (χ0v) is 7.15. The molecule has 0 bridgehead atoms. The molecule has 12 heavy (non-hydrogen) atoms. The van der Waals surface area contributed by atoms with E-state index in [0.29, 0.717) is 6.42 Å². The molecule has 5 heteroatoms. The molecular formula is C7H14F3NO. The van der Waals surface area contributed by atoms with Crippen LogP contribution in [0.1, 0.15) is 20.3 Å². The lowest BCUT2D eigenvalue weighted by Crippen LogP contribution is -2.37. The van der Waals surface area contributed by atoms with E-state index < -0.39 is 18.9 Å². The minimum absolute atomic E-state index is 0.181. The third-order valence-corrected chi connectivity index (χ3v) is 1.23. The summed E-state index contributed by atoms with van der Waals surface area (Å²) in [6, 6.07) is 0. The molecule has 0 aliphatic carbocycles. The number of alkyl halides is 3. The Balaban J connectivity index is 3.51. The molecule has 74 valence electrons. The highest BCUT2D eigenvalue weighted by Gasteiger charge is 2.27. The summed E-state index contributed by atoms with van der Waals surface area (Å²) in [6.07, 6.45) is -4.99. The number of rotatable bonds is 4. The first-order chi connectivity index (χ1) is 5.31. The summed E-state index contributed by atoms with van der Waals surface area (Å²) in [4.78, 5) is 0. The fraction of sp³-hybridized carbons (Fsp3) is 1.00. The van der Waals surface area contributed by atoms with Crippen molar-refractivity contribution < 1.29 is 18.3 Å². The zero-order valence-electron chi connectivity index (χ0n) is 7.15. The third kappa shape index (κ3) is 7.81. The van der Waals surface area contributed by atoms with Crippen LogP contribution in [0.5, 0.6) is 0 Å². The fourth-order valence-corrected chi connectivity index (χ4v) is 0.763. The van der Waals surface area contributed by atoms with Crippen LogP contribution >= 0.6 is 0 Å². The van der Waals surface area contributed by atoms with Gasteiger partial charge in [0, 0.05) is 0 Å². The van der Waals surface area contributed by atoms with Gasteiger partial charge in [0.2, 0.25) is 0 Å². The van der Waals surface area contributed by atoms with Crippen molar-refractivity contribution in [2.75, 3.05) is 6.54 Å². The normalized spacial score (nSPS) is 15.2. The predicted molar refractivity (Wildman–Crippen MR) is 39.5 cm³/mol. The van der Waals surface area contributed by atoms with E-state index in [2.05, 4.69) is 0 Å². The first-order valence-corrected chi connectivity index (χ1v) is 3.79. The van der Waals surface area contributed by atoms with Gasteiger partial charge in [-0.2, -0.15) is 13.2 Å².